The SMILES string of the molecule is CCCC(C#N)NC(=O)Cc1cc(C)ccc1C. The fourth-order valence-corrected chi connectivity index (χ4v) is 1.87. The van der Waals surface area contributed by atoms with Gasteiger partial charge >= 0.3 is 0 Å². The van der Waals surface area contributed by atoms with E-state index in [0.717, 1.165) is 23.1 Å². The summed E-state index contributed by atoms with van der Waals surface area (Å²) in [6.45, 7) is 6.01. The van der Waals surface area contributed by atoms with Crippen molar-refractivity contribution in [3.05, 3.63) is 34.9 Å². The van der Waals surface area contributed by atoms with E-state index >= 15 is 0 Å². The van der Waals surface area contributed by atoms with Crippen molar-refractivity contribution in [2.45, 2.75) is 46.1 Å². The van der Waals surface area contributed by atoms with Gasteiger partial charge in [0.1, 0.15) is 6.04 Å². The molecule has 18 heavy (non-hydrogen) atoms. The molecule has 0 heterocycles. The summed E-state index contributed by atoms with van der Waals surface area (Å²) in [5.41, 5.74) is 3.29. The molecule has 0 spiro atoms. The third-order valence-electron chi connectivity index (χ3n) is 2.92. The van der Waals surface area contributed by atoms with Gasteiger partial charge in [-0.15, -0.1) is 0 Å². The summed E-state index contributed by atoms with van der Waals surface area (Å²) in [4.78, 5) is 11.9. The van der Waals surface area contributed by atoms with Crippen LogP contribution in [0.25, 0.3) is 0 Å². The van der Waals surface area contributed by atoms with Crippen LogP contribution in [0.3, 0.4) is 0 Å². The summed E-state index contributed by atoms with van der Waals surface area (Å²) >= 11 is 0. The van der Waals surface area contributed by atoms with Crippen LogP contribution in [0.1, 0.15) is 36.5 Å². The molecule has 1 aromatic rings. The number of benzene rings is 1. The van der Waals surface area contributed by atoms with E-state index < -0.39 is 0 Å². The summed E-state index contributed by atoms with van der Waals surface area (Å²) in [5, 5.41) is 11.7. The van der Waals surface area contributed by atoms with E-state index in [2.05, 4.69) is 11.4 Å². The molecule has 0 saturated carbocycles. The minimum atomic E-state index is -0.368. The number of nitrogens with one attached hydrogen (secondary N) is 1. The minimum Gasteiger partial charge on any atom is -0.340 e. The van der Waals surface area contributed by atoms with Crippen LogP contribution in [0.4, 0.5) is 0 Å². The van der Waals surface area contributed by atoms with Crippen molar-refractivity contribution >= 4 is 5.91 Å². The highest BCUT2D eigenvalue weighted by Gasteiger charge is 2.11. The van der Waals surface area contributed by atoms with E-state index in [0.29, 0.717) is 12.8 Å². The zero-order chi connectivity index (χ0) is 13.5. The quantitative estimate of drug-likeness (QED) is 0.865. The maximum Gasteiger partial charge on any atom is 0.225 e. The maximum atomic E-state index is 11.9. The van der Waals surface area contributed by atoms with Gasteiger partial charge in [0.2, 0.25) is 5.91 Å². The zero-order valence-corrected chi connectivity index (χ0v) is 11.3. The molecule has 0 saturated heterocycles. The highest BCUT2D eigenvalue weighted by atomic mass is 16.1. The smallest absolute Gasteiger partial charge is 0.225 e. The van der Waals surface area contributed by atoms with E-state index in [1.807, 2.05) is 39.0 Å². The van der Waals surface area contributed by atoms with Gasteiger partial charge in [0.05, 0.1) is 12.5 Å². The van der Waals surface area contributed by atoms with Crippen molar-refractivity contribution in [3.63, 3.8) is 0 Å². The molecule has 1 unspecified atom stereocenters. The lowest BCUT2D eigenvalue weighted by molar-refractivity contribution is -0.120. The molecule has 0 aliphatic carbocycles. The Bertz CT molecular complexity index is 460. The van der Waals surface area contributed by atoms with Gasteiger partial charge in [-0.05, 0) is 31.4 Å². The number of amides is 1. The van der Waals surface area contributed by atoms with Crippen molar-refractivity contribution in [1.29, 1.82) is 5.26 Å². The second-order valence-corrected chi connectivity index (χ2v) is 4.64. The van der Waals surface area contributed by atoms with Gasteiger partial charge in [-0.25, -0.2) is 0 Å². The molecule has 1 amide bonds. The number of rotatable bonds is 5. The fraction of sp³-hybridized carbons (Fsp3) is 0.467. The standard InChI is InChI=1S/C15H20N2O/c1-4-5-14(10-16)17-15(18)9-13-8-11(2)6-7-12(13)3/h6-8,14H,4-5,9H2,1-3H3,(H,17,18). The van der Waals surface area contributed by atoms with Crippen molar-refractivity contribution < 1.29 is 4.79 Å². The number of nitrogens with zero attached hydrogens (tertiary/aromatic N) is 1. The van der Waals surface area contributed by atoms with Crippen LogP contribution in [0.5, 0.6) is 0 Å². The largest absolute Gasteiger partial charge is 0.340 e. The summed E-state index contributed by atoms with van der Waals surface area (Å²) in [7, 11) is 0. The zero-order valence-electron chi connectivity index (χ0n) is 11.3. The lowest BCUT2D eigenvalue weighted by Gasteiger charge is -2.11. The molecular formula is C15H20N2O. The number of nitriles is 1. The maximum absolute atomic E-state index is 11.9. The average molecular weight is 244 g/mol. The predicted molar refractivity (Wildman–Crippen MR) is 72.1 cm³/mol. The summed E-state index contributed by atoms with van der Waals surface area (Å²) < 4.78 is 0. The van der Waals surface area contributed by atoms with Crippen LogP contribution in [-0.2, 0) is 11.2 Å². The van der Waals surface area contributed by atoms with Crippen molar-refractivity contribution in [3.8, 4) is 6.07 Å². The predicted octanol–water partition coefficient (Wildman–Crippen LogP) is 2.65. The number of carbonyl (C=O) groups is 1. The molecule has 3 nitrogen and oxygen atoms in total. The van der Waals surface area contributed by atoms with Gasteiger partial charge < -0.3 is 5.32 Å². The lowest BCUT2D eigenvalue weighted by atomic mass is 10.0. The third kappa shape index (κ3) is 4.21. The fourth-order valence-electron chi connectivity index (χ4n) is 1.87. The Morgan fingerprint density at radius 3 is 2.78 bits per heavy atom. The molecule has 3 heteroatoms. The van der Waals surface area contributed by atoms with Crippen LogP contribution in [0.2, 0.25) is 0 Å². The highest BCUT2D eigenvalue weighted by molar-refractivity contribution is 5.79. The van der Waals surface area contributed by atoms with E-state index in [9.17, 15) is 4.79 Å². The van der Waals surface area contributed by atoms with E-state index in [1.165, 1.54) is 0 Å². The molecule has 1 atom stereocenters. The van der Waals surface area contributed by atoms with E-state index in [1.54, 1.807) is 0 Å². The second-order valence-electron chi connectivity index (χ2n) is 4.64. The molecule has 1 aromatic carbocycles. The van der Waals surface area contributed by atoms with Crippen molar-refractivity contribution in [1.82, 2.24) is 5.32 Å². The molecule has 1 rings (SSSR count). The van der Waals surface area contributed by atoms with Crippen molar-refractivity contribution in [2.75, 3.05) is 0 Å². The Hall–Kier alpha value is -1.82. The third-order valence-corrected chi connectivity index (χ3v) is 2.92. The summed E-state index contributed by atoms with van der Waals surface area (Å²) in [6, 6.07) is 7.82. The van der Waals surface area contributed by atoms with Crippen LogP contribution in [0, 0.1) is 25.2 Å². The molecule has 96 valence electrons. The molecular weight excluding hydrogens is 224 g/mol. The average Bonchev–Trinajstić information content (AvgIpc) is 2.33. The van der Waals surface area contributed by atoms with Gasteiger partial charge in [0.25, 0.3) is 0 Å². The molecule has 0 bridgehead atoms. The molecule has 0 aromatic heterocycles. The molecule has 0 radical (unpaired) electrons. The molecule has 1 N–H and O–H groups in total. The van der Waals surface area contributed by atoms with E-state index in [4.69, 9.17) is 5.26 Å². The van der Waals surface area contributed by atoms with E-state index in [-0.39, 0.29) is 11.9 Å². The topological polar surface area (TPSA) is 52.9 Å². The Kier molecular flexibility index (Phi) is 5.38. The van der Waals surface area contributed by atoms with Gasteiger partial charge in [-0.3, -0.25) is 4.79 Å². The molecule has 0 aliphatic rings. The van der Waals surface area contributed by atoms with Crippen LogP contribution in [0.15, 0.2) is 18.2 Å². The van der Waals surface area contributed by atoms with Gasteiger partial charge in [-0.2, -0.15) is 5.26 Å². The first-order valence-electron chi connectivity index (χ1n) is 6.32. The van der Waals surface area contributed by atoms with Gasteiger partial charge in [0.15, 0.2) is 0 Å². The van der Waals surface area contributed by atoms with Gasteiger partial charge in [-0.1, -0.05) is 37.1 Å². The Balaban J connectivity index is 2.64. The Morgan fingerprint density at radius 2 is 2.17 bits per heavy atom. The van der Waals surface area contributed by atoms with Crippen LogP contribution in [-0.4, -0.2) is 11.9 Å². The Morgan fingerprint density at radius 1 is 1.44 bits per heavy atom. The minimum absolute atomic E-state index is 0.0799. The van der Waals surface area contributed by atoms with Crippen LogP contribution >= 0.6 is 0 Å². The summed E-state index contributed by atoms with van der Waals surface area (Å²) in [6.07, 6.45) is 1.94. The number of hydrogen-bond acceptors (Lipinski definition) is 2. The van der Waals surface area contributed by atoms with Gasteiger partial charge in [0, 0.05) is 0 Å². The normalized spacial score (nSPS) is 11.7. The van der Waals surface area contributed by atoms with Crippen molar-refractivity contribution in [2.24, 2.45) is 0 Å². The first-order chi connectivity index (χ1) is 8.56. The number of hydrogen-bond donors (Lipinski definition) is 1. The summed E-state index contributed by atoms with van der Waals surface area (Å²) in [5.74, 6) is -0.0799. The first kappa shape index (κ1) is 14.2. The molecule has 0 aliphatic heterocycles. The monoisotopic (exact) mass is 244 g/mol. The highest BCUT2D eigenvalue weighted by Crippen LogP contribution is 2.11. The number of carbonyl (C=O) groups excluding carboxylic acids is 1. The van der Waals surface area contributed by atoms with Crippen LogP contribution < -0.4 is 5.32 Å². The number of aryl methyl sites for hydroxylation is 2. The Labute approximate surface area is 109 Å². The second kappa shape index (κ2) is 6.80. The lowest BCUT2D eigenvalue weighted by Crippen LogP contribution is -2.34. The first-order valence-corrected chi connectivity index (χ1v) is 6.32. The molecule has 0 fully saturated rings.